The van der Waals surface area contributed by atoms with Gasteiger partial charge in [0.15, 0.2) is 0 Å². The van der Waals surface area contributed by atoms with Gasteiger partial charge in [0.25, 0.3) is 0 Å². The highest BCUT2D eigenvalue weighted by Gasteiger charge is 2.07. The van der Waals surface area contributed by atoms with E-state index in [1.165, 1.54) is 5.56 Å². The fourth-order valence-electron chi connectivity index (χ4n) is 1.67. The summed E-state index contributed by atoms with van der Waals surface area (Å²) in [6, 6.07) is 7.73. The fourth-order valence-corrected chi connectivity index (χ4v) is 1.67. The Hall–Kier alpha value is -1.10. The lowest BCUT2D eigenvalue weighted by atomic mass is 10.1. The Labute approximate surface area is 121 Å². The zero-order valence-corrected chi connectivity index (χ0v) is 12.6. The second kappa shape index (κ2) is 8.95. The zero-order chi connectivity index (χ0) is 15.0. The van der Waals surface area contributed by atoms with Crippen LogP contribution in [-0.2, 0) is 11.2 Å². The van der Waals surface area contributed by atoms with Crippen LogP contribution in [0.1, 0.15) is 32.8 Å². The Kier molecular flexibility index (Phi) is 7.59. The number of ether oxygens (including phenoxy) is 2. The molecule has 20 heavy (non-hydrogen) atoms. The summed E-state index contributed by atoms with van der Waals surface area (Å²) in [5.41, 5.74) is 1.17. The van der Waals surface area contributed by atoms with Gasteiger partial charge in [0.05, 0.1) is 18.8 Å². The van der Waals surface area contributed by atoms with Gasteiger partial charge in [-0.15, -0.1) is 0 Å². The van der Waals surface area contributed by atoms with E-state index in [9.17, 15) is 10.2 Å². The van der Waals surface area contributed by atoms with Crippen molar-refractivity contribution in [1.82, 2.24) is 0 Å². The molecule has 1 rings (SSSR count). The van der Waals surface area contributed by atoms with E-state index >= 15 is 0 Å². The second-order valence-corrected chi connectivity index (χ2v) is 5.38. The van der Waals surface area contributed by atoms with Crippen molar-refractivity contribution in [2.24, 2.45) is 0 Å². The van der Waals surface area contributed by atoms with Crippen LogP contribution < -0.4 is 4.74 Å². The molecule has 0 heterocycles. The predicted molar refractivity (Wildman–Crippen MR) is 79.0 cm³/mol. The summed E-state index contributed by atoms with van der Waals surface area (Å²) in [5.74, 6) is 0.731. The number of benzene rings is 1. The number of hydrogen-bond acceptors (Lipinski definition) is 4. The van der Waals surface area contributed by atoms with Gasteiger partial charge in [-0.3, -0.25) is 0 Å². The van der Waals surface area contributed by atoms with Crippen molar-refractivity contribution >= 4 is 0 Å². The van der Waals surface area contributed by atoms with Crippen molar-refractivity contribution in [2.45, 2.75) is 51.9 Å². The lowest BCUT2D eigenvalue weighted by Gasteiger charge is -2.14. The maximum Gasteiger partial charge on any atom is 0.119 e. The molecule has 0 aliphatic carbocycles. The Morgan fingerprint density at radius 3 is 2.20 bits per heavy atom. The van der Waals surface area contributed by atoms with Crippen molar-refractivity contribution < 1.29 is 19.7 Å². The van der Waals surface area contributed by atoms with Crippen molar-refractivity contribution in [3.63, 3.8) is 0 Å². The van der Waals surface area contributed by atoms with Crippen LogP contribution in [0.25, 0.3) is 0 Å². The van der Waals surface area contributed by atoms with Gasteiger partial charge >= 0.3 is 0 Å². The Morgan fingerprint density at radius 1 is 1.00 bits per heavy atom. The first-order valence-electron chi connectivity index (χ1n) is 7.17. The summed E-state index contributed by atoms with van der Waals surface area (Å²) in [7, 11) is 0. The normalized spacial score (nSPS) is 14.3. The molecule has 0 amide bonds. The topological polar surface area (TPSA) is 58.9 Å². The molecule has 0 aromatic heterocycles. The molecule has 1 aromatic carbocycles. The van der Waals surface area contributed by atoms with E-state index < -0.39 is 6.10 Å². The van der Waals surface area contributed by atoms with Crippen LogP contribution in [0.4, 0.5) is 0 Å². The molecular weight excluding hydrogens is 256 g/mol. The molecule has 2 atom stereocenters. The standard InChI is InChI=1S/C16H26O4/c1-12(2)19-10-15(18)11-20-16-8-6-14(7-9-16)5-4-13(3)17/h6-9,12-13,15,17-18H,4-5,10-11H2,1-3H3. The molecule has 114 valence electrons. The Balaban J connectivity index is 2.30. The minimum absolute atomic E-state index is 0.109. The summed E-state index contributed by atoms with van der Waals surface area (Å²) in [6.45, 7) is 6.15. The monoisotopic (exact) mass is 282 g/mol. The average molecular weight is 282 g/mol. The molecule has 0 spiro atoms. The number of rotatable bonds is 9. The van der Waals surface area contributed by atoms with Gasteiger partial charge in [-0.05, 0) is 51.3 Å². The van der Waals surface area contributed by atoms with Gasteiger partial charge in [-0.2, -0.15) is 0 Å². The van der Waals surface area contributed by atoms with E-state index in [2.05, 4.69) is 0 Å². The van der Waals surface area contributed by atoms with Crippen molar-refractivity contribution in [3.8, 4) is 5.75 Å². The first-order chi connectivity index (χ1) is 9.47. The molecule has 0 aliphatic rings. The third-order valence-corrected chi connectivity index (χ3v) is 2.84. The fraction of sp³-hybridized carbons (Fsp3) is 0.625. The van der Waals surface area contributed by atoms with Gasteiger partial charge in [-0.25, -0.2) is 0 Å². The lowest BCUT2D eigenvalue weighted by Crippen LogP contribution is -2.25. The number of aryl methyl sites for hydroxylation is 1. The van der Waals surface area contributed by atoms with E-state index in [1.54, 1.807) is 6.92 Å². The van der Waals surface area contributed by atoms with Crippen molar-refractivity contribution in [1.29, 1.82) is 0 Å². The van der Waals surface area contributed by atoms with E-state index in [4.69, 9.17) is 9.47 Å². The van der Waals surface area contributed by atoms with E-state index in [1.807, 2.05) is 38.1 Å². The largest absolute Gasteiger partial charge is 0.491 e. The summed E-state index contributed by atoms with van der Waals surface area (Å²) in [4.78, 5) is 0. The molecule has 0 saturated heterocycles. The third kappa shape index (κ3) is 7.48. The van der Waals surface area contributed by atoms with Gasteiger partial charge in [0.2, 0.25) is 0 Å². The molecule has 2 unspecified atom stereocenters. The summed E-state index contributed by atoms with van der Waals surface area (Å²) in [6.07, 6.45) is 0.820. The molecule has 0 fully saturated rings. The molecule has 2 N–H and O–H groups in total. The molecule has 0 bridgehead atoms. The van der Waals surface area contributed by atoms with Crippen molar-refractivity contribution in [3.05, 3.63) is 29.8 Å². The highest BCUT2D eigenvalue weighted by atomic mass is 16.5. The summed E-state index contributed by atoms with van der Waals surface area (Å²) < 4.78 is 10.8. The first kappa shape index (κ1) is 17.0. The van der Waals surface area contributed by atoms with E-state index in [0.717, 1.165) is 18.6 Å². The highest BCUT2D eigenvalue weighted by Crippen LogP contribution is 2.14. The predicted octanol–water partition coefficient (Wildman–Crippen LogP) is 2.16. The number of aliphatic hydroxyl groups is 2. The quantitative estimate of drug-likeness (QED) is 0.729. The maximum absolute atomic E-state index is 9.68. The Morgan fingerprint density at radius 2 is 1.65 bits per heavy atom. The molecule has 1 aromatic rings. The van der Waals surface area contributed by atoms with Crippen LogP contribution >= 0.6 is 0 Å². The van der Waals surface area contributed by atoms with Gasteiger partial charge in [0.1, 0.15) is 18.5 Å². The van der Waals surface area contributed by atoms with Crippen LogP contribution in [0.3, 0.4) is 0 Å². The molecular formula is C16H26O4. The summed E-state index contributed by atoms with van der Waals surface area (Å²) >= 11 is 0. The second-order valence-electron chi connectivity index (χ2n) is 5.38. The van der Waals surface area contributed by atoms with Gasteiger partial charge in [0, 0.05) is 0 Å². The molecule has 4 heteroatoms. The molecule has 0 saturated carbocycles. The van der Waals surface area contributed by atoms with E-state index in [-0.39, 0.29) is 25.4 Å². The van der Waals surface area contributed by atoms with Crippen LogP contribution in [0.5, 0.6) is 5.75 Å². The van der Waals surface area contributed by atoms with Gasteiger partial charge < -0.3 is 19.7 Å². The minimum atomic E-state index is -0.618. The lowest BCUT2D eigenvalue weighted by molar-refractivity contribution is -0.0122. The summed E-state index contributed by atoms with van der Waals surface area (Å²) in [5, 5.41) is 18.9. The van der Waals surface area contributed by atoms with E-state index in [0.29, 0.717) is 0 Å². The SMILES string of the molecule is CC(O)CCc1ccc(OCC(O)COC(C)C)cc1. The Bertz CT molecular complexity index is 359. The zero-order valence-electron chi connectivity index (χ0n) is 12.6. The van der Waals surface area contributed by atoms with Crippen molar-refractivity contribution in [2.75, 3.05) is 13.2 Å². The molecule has 0 radical (unpaired) electrons. The minimum Gasteiger partial charge on any atom is -0.491 e. The third-order valence-electron chi connectivity index (χ3n) is 2.84. The first-order valence-corrected chi connectivity index (χ1v) is 7.17. The number of aliphatic hydroxyl groups excluding tert-OH is 2. The van der Waals surface area contributed by atoms with Crippen LogP contribution in [-0.4, -0.2) is 41.7 Å². The maximum atomic E-state index is 9.68. The molecule has 4 nitrogen and oxygen atoms in total. The van der Waals surface area contributed by atoms with Crippen LogP contribution in [0.2, 0.25) is 0 Å². The van der Waals surface area contributed by atoms with Crippen LogP contribution in [0.15, 0.2) is 24.3 Å². The average Bonchev–Trinajstić information content (AvgIpc) is 2.41. The van der Waals surface area contributed by atoms with Gasteiger partial charge in [-0.1, -0.05) is 12.1 Å². The number of hydrogen-bond donors (Lipinski definition) is 2. The molecule has 0 aliphatic heterocycles. The van der Waals surface area contributed by atoms with Crippen LogP contribution in [0, 0.1) is 0 Å². The smallest absolute Gasteiger partial charge is 0.119 e. The highest BCUT2D eigenvalue weighted by molar-refractivity contribution is 5.27.